The van der Waals surface area contributed by atoms with Crippen molar-refractivity contribution in [2.75, 3.05) is 20.2 Å². The molecule has 0 bridgehead atoms. The Morgan fingerprint density at radius 3 is 2.34 bits per heavy atom. The minimum absolute atomic E-state index is 0.0849. The summed E-state index contributed by atoms with van der Waals surface area (Å²) in [7, 11) is 1.62. The predicted octanol–water partition coefficient (Wildman–Crippen LogP) is 5.05. The second-order valence-electron chi connectivity index (χ2n) is 8.68. The molecule has 3 rings (SSSR count). The maximum atomic E-state index is 13.5. The summed E-state index contributed by atoms with van der Waals surface area (Å²) in [6, 6.07) is 14.1. The van der Waals surface area contributed by atoms with Gasteiger partial charge in [-0.2, -0.15) is 0 Å². The van der Waals surface area contributed by atoms with E-state index in [1.54, 1.807) is 7.11 Å². The fourth-order valence-electron chi connectivity index (χ4n) is 4.55. The molecular weight excluding hydrogens is 360 g/mol. The lowest BCUT2D eigenvalue weighted by Gasteiger charge is -2.46. The van der Waals surface area contributed by atoms with E-state index in [1.165, 1.54) is 19.3 Å². The number of carbonyl (C=O) groups excluding carboxylic acids is 1. The van der Waals surface area contributed by atoms with E-state index in [9.17, 15) is 4.79 Å². The Morgan fingerprint density at radius 1 is 1.07 bits per heavy atom. The second kappa shape index (κ2) is 9.00. The van der Waals surface area contributed by atoms with Gasteiger partial charge in [0, 0.05) is 5.54 Å². The van der Waals surface area contributed by atoms with Crippen LogP contribution in [0.25, 0.3) is 0 Å². The van der Waals surface area contributed by atoms with Crippen LogP contribution in [0.2, 0.25) is 0 Å². The normalized spacial score (nSPS) is 16.3. The first-order valence-electron chi connectivity index (χ1n) is 10.6. The molecule has 0 saturated carbocycles. The van der Waals surface area contributed by atoms with Crippen LogP contribution in [-0.4, -0.2) is 36.5 Å². The molecule has 1 amide bonds. The van der Waals surface area contributed by atoms with Crippen molar-refractivity contribution < 1.29 is 9.53 Å². The van der Waals surface area contributed by atoms with Crippen molar-refractivity contribution in [3.8, 4) is 5.75 Å². The number of nitrogens with zero attached hydrogens (tertiary/aromatic N) is 1. The third-order valence-corrected chi connectivity index (χ3v) is 6.18. The van der Waals surface area contributed by atoms with Crippen LogP contribution in [0, 0.1) is 13.8 Å². The summed E-state index contributed by atoms with van der Waals surface area (Å²) in [5, 5.41) is 3.36. The molecule has 2 aromatic carbocycles. The number of hydrogen-bond donors (Lipinski definition) is 1. The molecule has 2 aromatic rings. The number of likely N-dealkylation sites (tertiary alicyclic amines) is 1. The van der Waals surface area contributed by atoms with Gasteiger partial charge >= 0.3 is 0 Å². The molecule has 4 nitrogen and oxygen atoms in total. The van der Waals surface area contributed by atoms with Gasteiger partial charge in [0.1, 0.15) is 5.75 Å². The highest BCUT2D eigenvalue weighted by Gasteiger charge is 2.38. The van der Waals surface area contributed by atoms with Gasteiger partial charge in [-0.1, -0.05) is 42.8 Å². The topological polar surface area (TPSA) is 41.6 Å². The average molecular weight is 395 g/mol. The molecule has 1 heterocycles. The highest BCUT2D eigenvalue weighted by molar-refractivity contribution is 5.98. The van der Waals surface area contributed by atoms with Gasteiger partial charge in [0.2, 0.25) is 0 Å². The first-order chi connectivity index (χ1) is 13.8. The number of ether oxygens (including phenoxy) is 1. The number of hydrogen-bond acceptors (Lipinski definition) is 3. The van der Waals surface area contributed by atoms with Crippen LogP contribution in [0.1, 0.15) is 66.2 Å². The quantitative estimate of drug-likeness (QED) is 0.746. The zero-order chi connectivity index (χ0) is 21.0. The Kier molecular flexibility index (Phi) is 6.63. The van der Waals surface area contributed by atoms with Crippen LogP contribution in [0.4, 0.5) is 0 Å². The number of aryl methyl sites for hydroxylation is 2. The molecular formula is C25H34N2O2. The Bertz CT molecular complexity index is 839. The molecule has 1 aliphatic rings. The maximum Gasteiger partial charge on any atom is 0.255 e. The fraction of sp³-hybridized carbons (Fsp3) is 0.480. The third kappa shape index (κ3) is 4.64. The molecule has 1 aliphatic heterocycles. The van der Waals surface area contributed by atoms with Crippen molar-refractivity contribution in [2.24, 2.45) is 0 Å². The lowest BCUT2D eigenvalue weighted by atomic mass is 9.85. The number of methoxy groups -OCH3 is 1. The van der Waals surface area contributed by atoms with Crippen LogP contribution in [0.15, 0.2) is 42.5 Å². The number of benzene rings is 2. The van der Waals surface area contributed by atoms with Crippen molar-refractivity contribution in [3.63, 3.8) is 0 Å². The molecule has 1 N–H and O–H groups in total. The maximum absolute atomic E-state index is 13.5. The van der Waals surface area contributed by atoms with Gasteiger partial charge in [0.25, 0.3) is 5.91 Å². The summed E-state index contributed by atoms with van der Waals surface area (Å²) in [6.07, 6.45) is 3.71. The number of amides is 1. The smallest absolute Gasteiger partial charge is 0.255 e. The number of piperidine rings is 1. The molecule has 1 saturated heterocycles. The largest absolute Gasteiger partial charge is 0.496 e. The highest BCUT2D eigenvalue weighted by atomic mass is 16.5. The molecule has 1 unspecified atom stereocenters. The van der Waals surface area contributed by atoms with E-state index >= 15 is 0 Å². The Labute approximate surface area is 175 Å². The van der Waals surface area contributed by atoms with Gasteiger partial charge in [-0.15, -0.1) is 0 Å². The lowest BCUT2D eigenvalue weighted by molar-refractivity contribution is 0.0545. The van der Waals surface area contributed by atoms with Crippen LogP contribution in [0.3, 0.4) is 0 Å². The number of rotatable bonds is 6. The van der Waals surface area contributed by atoms with Crippen LogP contribution < -0.4 is 10.1 Å². The molecule has 0 aromatic heterocycles. The minimum Gasteiger partial charge on any atom is -0.496 e. The molecule has 156 valence electrons. The van der Waals surface area contributed by atoms with Gasteiger partial charge in [-0.05, 0) is 76.4 Å². The summed E-state index contributed by atoms with van der Waals surface area (Å²) >= 11 is 0. The van der Waals surface area contributed by atoms with Crippen LogP contribution in [0.5, 0.6) is 5.75 Å². The number of carbonyl (C=O) groups is 1. The zero-order valence-corrected chi connectivity index (χ0v) is 18.4. The van der Waals surface area contributed by atoms with Gasteiger partial charge in [-0.3, -0.25) is 9.69 Å². The predicted molar refractivity (Wildman–Crippen MR) is 119 cm³/mol. The van der Waals surface area contributed by atoms with Gasteiger partial charge in [-0.25, -0.2) is 0 Å². The molecule has 0 aliphatic carbocycles. The Hall–Kier alpha value is -2.33. The molecule has 1 atom stereocenters. The first-order valence-corrected chi connectivity index (χ1v) is 10.6. The molecule has 0 spiro atoms. The fourth-order valence-corrected chi connectivity index (χ4v) is 4.55. The van der Waals surface area contributed by atoms with Crippen LogP contribution >= 0.6 is 0 Å². The van der Waals surface area contributed by atoms with E-state index in [4.69, 9.17) is 4.74 Å². The van der Waals surface area contributed by atoms with E-state index in [0.29, 0.717) is 11.3 Å². The first kappa shape index (κ1) is 21.4. The van der Waals surface area contributed by atoms with E-state index < -0.39 is 0 Å². The molecule has 0 radical (unpaired) electrons. The summed E-state index contributed by atoms with van der Waals surface area (Å²) in [5.41, 5.74) is 3.56. The summed E-state index contributed by atoms with van der Waals surface area (Å²) in [6.45, 7) is 10.6. The Morgan fingerprint density at radius 2 is 1.72 bits per heavy atom. The van der Waals surface area contributed by atoms with Crippen molar-refractivity contribution in [1.82, 2.24) is 10.2 Å². The summed E-state index contributed by atoms with van der Waals surface area (Å²) in [4.78, 5) is 16.0. The van der Waals surface area contributed by atoms with Crippen molar-refractivity contribution in [2.45, 2.75) is 58.5 Å². The van der Waals surface area contributed by atoms with E-state index in [1.807, 2.05) is 44.2 Å². The Balaban J connectivity index is 1.97. The number of nitrogens with one attached hydrogen (secondary N) is 1. The third-order valence-electron chi connectivity index (χ3n) is 6.18. The SMILES string of the molecule is COc1cc(C)cc(C)c1C(=O)NC(c1ccccc1)C(C)(C)N1CCCCC1. The zero-order valence-electron chi connectivity index (χ0n) is 18.4. The van der Waals surface area contributed by atoms with Crippen LogP contribution in [-0.2, 0) is 0 Å². The average Bonchev–Trinajstić information content (AvgIpc) is 2.72. The second-order valence-corrected chi connectivity index (χ2v) is 8.68. The van der Waals surface area contributed by atoms with Crippen molar-refractivity contribution in [3.05, 3.63) is 64.7 Å². The van der Waals surface area contributed by atoms with Gasteiger partial charge in [0.15, 0.2) is 0 Å². The van der Waals surface area contributed by atoms with E-state index in [2.05, 4.69) is 36.2 Å². The monoisotopic (exact) mass is 394 g/mol. The summed E-state index contributed by atoms with van der Waals surface area (Å²) < 4.78 is 5.55. The standard InChI is InChI=1S/C25H34N2O2/c1-18-16-19(2)22(21(17-18)29-5)24(28)26-23(20-12-8-6-9-13-20)25(3,4)27-14-10-7-11-15-27/h6,8-9,12-13,16-17,23H,7,10-11,14-15H2,1-5H3,(H,26,28). The van der Waals surface area contributed by atoms with E-state index in [0.717, 1.165) is 29.8 Å². The molecule has 1 fully saturated rings. The summed E-state index contributed by atoms with van der Waals surface area (Å²) in [5.74, 6) is 0.542. The highest BCUT2D eigenvalue weighted by Crippen LogP contribution is 2.34. The van der Waals surface area contributed by atoms with Gasteiger partial charge in [0.05, 0.1) is 18.7 Å². The van der Waals surface area contributed by atoms with Crippen molar-refractivity contribution >= 4 is 5.91 Å². The van der Waals surface area contributed by atoms with E-state index in [-0.39, 0.29) is 17.5 Å². The lowest BCUT2D eigenvalue weighted by Crippen LogP contribution is -2.55. The minimum atomic E-state index is -0.205. The molecule has 29 heavy (non-hydrogen) atoms. The van der Waals surface area contributed by atoms with Gasteiger partial charge < -0.3 is 10.1 Å². The van der Waals surface area contributed by atoms with Crippen molar-refractivity contribution in [1.29, 1.82) is 0 Å². The molecule has 4 heteroatoms.